The summed E-state index contributed by atoms with van der Waals surface area (Å²) in [7, 11) is 3.10. The molecule has 0 bridgehead atoms. The molecule has 2 aromatic rings. The summed E-state index contributed by atoms with van der Waals surface area (Å²) in [4.78, 5) is 31.8. The minimum absolute atomic E-state index is 0.165. The van der Waals surface area contributed by atoms with E-state index in [1.54, 1.807) is 32.4 Å². The van der Waals surface area contributed by atoms with E-state index in [-0.39, 0.29) is 11.5 Å². The van der Waals surface area contributed by atoms with E-state index < -0.39 is 5.25 Å². The van der Waals surface area contributed by atoms with Crippen molar-refractivity contribution in [1.29, 1.82) is 0 Å². The van der Waals surface area contributed by atoms with Crippen LogP contribution >= 0.6 is 11.8 Å². The lowest BCUT2D eigenvalue weighted by atomic mass is 10.2. The number of nitrogens with zero attached hydrogens (tertiary/aromatic N) is 1. The van der Waals surface area contributed by atoms with E-state index >= 15 is 0 Å². The highest BCUT2D eigenvalue weighted by Gasteiger charge is 2.20. The highest BCUT2D eigenvalue weighted by atomic mass is 32.2. The molecule has 1 amide bonds. The fraction of sp³-hybridized carbons (Fsp3) is 0.450. The van der Waals surface area contributed by atoms with Crippen molar-refractivity contribution in [3.63, 3.8) is 0 Å². The number of methoxy groups -OCH3 is 2. The number of carbonyl (C=O) groups excluding carboxylic acids is 1. The van der Waals surface area contributed by atoms with Gasteiger partial charge in [-0.2, -0.15) is 0 Å². The zero-order valence-electron chi connectivity index (χ0n) is 16.7. The lowest BCUT2D eigenvalue weighted by molar-refractivity contribution is -0.115. The first-order valence-electron chi connectivity index (χ1n) is 9.30. The fourth-order valence-electron chi connectivity index (χ4n) is 2.62. The number of nitrogens with one attached hydrogen (secondary N) is 2. The molecule has 1 heterocycles. The average Bonchev–Trinajstić information content (AvgIpc) is 2.69. The third-order valence-electron chi connectivity index (χ3n) is 4.13. The highest BCUT2D eigenvalue weighted by Crippen LogP contribution is 2.30. The van der Waals surface area contributed by atoms with E-state index in [4.69, 9.17) is 9.47 Å². The van der Waals surface area contributed by atoms with Gasteiger partial charge in [0.05, 0.1) is 19.5 Å². The highest BCUT2D eigenvalue weighted by molar-refractivity contribution is 8.00. The summed E-state index contributed by atoms with van der Waals surface area (Å²) in [6.45, 7) is 4.01. The molecular formula is C20H27N3O4S. The van der Waals surface area contributed by atoms with E-state index in [0.717, 1.165) is 25.0 Å². The molecule has 0 spiro atoms. The molecule has 1 unspecified atom stereocenters. The van der Waals surface area contributed by atoms with Gasteiger partial charge in [-0.1, -0.05) is 32.0 Å². The summed E-state index contributed by atoms with van der Waals surface area (Å²) in [5.41, 5.74) is 1.17. The zero-order chi connectivity index (χ0) is 20.5. The van der Waals surface area contributed by atoms with Gasteiger partial charge in [0.1, 0.15) is 0 Å². The van der Waals surface area contributed by atoms with Gasteiger partial charge in [-0.15, -0.1) is 0 Å². The number of hydrogen-bond acceptors (Lipinski definition) is 6. The second-order valence-electron chi connectivity index (χ2n) is 6.22. The number of carbonyl (C=O) groups is 1. The third-order valence-corrected chi connectivity index (χ3v) is 5.38. The number of aryl methyl sites for hydroxylation is 1. The summed E-state index contributed by atoms with van der Waals surface area (Å²) >= 11 is 1.26. The molecule has 0 saturated carbocycles. The van der Waals surface area contributed by atoms with E-state index in [1.165, 1.54) is 17.8 Å². The fourth-order valence-corrected chi connectivity index (χ4v) is 3.55. The van der Waals surface area contributed by atoms with Crippen LogP contribution in [0, 0.1) is 0 Å². The molecule has 152 valence electrons. The number of H-pyrrole nitrogens is 1. The number of amides is 1. The summed E-state index contributed by atoms with van der Waals surface area (Å²) < 4.78 is 10.5. The predicted molar refractivity (Wildman–Crippen MR) is 112 cm³/mol. The van der Waals surface area contributed by atoms with Crippen LogP contribution in [-0.2, 0) is 11.2 Å². The molecule has 1 atom stereocenters. The number of anilines is 1. The van der Waals surface area contributed by atoms with Gasteiger partial charge in [-0.05, 0) is 31.4 Å². The Hall–Kier alpha value is -2.48. The summed E-state index contributed by atoms with van der Waals surface area (Å²) in [6, 6.07) is 6.71. The summed E-state index contributed by atoms with van der Waals surface area (Å²) in [5, 5.41) is 2.96. The van der Waals surface area contributed by atoms with Crippen LogP contribution in [-0.4, -0.2) is 35.3 Å². The molecule has 1 aromatic heterocycles. The molecule has 1 aromatic carbocycles. The second kappa shape index (κ2) is 10.8. The Morgan fingerprint density at radius 1 is 1.21 bits per heavy atom. The first-order valence-corrected chi connectivity index (χ1v) is 10.2. The molecule has 0 saturated heterocycles. The van der Waals surface area contributed by atoms with Gasteiger partial charge in [-0.25, -0.2) is 4.98 Å². The first-order chi connectivity index (χ1) is 13.5. The minimum atomic E-state index is -0.391. The third kappa shape index (κ3) is 6.02. The Labute approximate surface area is 169 Å². The van der Waals surface area contributed by atoms with Crippen LogP contribution in [0.15, 0.2) is 34.2 Å². The van der Waals surface area contributed by atoms with E-state index in [9.17, 15) is 9.59 Å². The second-order valence-corrected chi connectivity index (χ2v) is 7.41. The maximum absolute atomic E-state index is 12.7. The molecule has 2 rings (SSSR count). The summed E-state index contributed by atoms with van der Waals surface area (Å²) in [5.74, 6) is 0.963. The van der Waals surface area contributed by atoms with Gasteiger partial charge in [0.2, 0.25) is 5.91 Å². The monoisotopic (exact) mass is 405 g/mol. The van der Waals surface area contributed by atoms with Gasteiger partial charge in [0, 0.05) is 23.5 Å². The van der Waals surface area contributed by atoms with Crippen LogP contribution in [0.1, 0.15) is 38.8 Å². The summed E-state index contributed by atoms with van der Waals surface area (Å²) in [6.07, 6.45) is 3.34. The van der Waals surface area contributed by atoms with Gasteiger partial charge in [-0.3, -0.25) is 9.59 Å². The van der Waals surface area contributed by atoms with Gasteiger partial charge >= 0.3 is 0 Å². The molecule has 2 N–H and O–H groups in total. The van der Waals surface area contributed by atoms with Crippen molar-refractivity contribution in [2.75, 3.05) is 19.5 Å². The maximum atomic E-state index is 12.7. The quantitative estimate of drug-likeness (QED) is 0.463. The Bertz CT molecular complexity index is 854. The van der Waals surface area contributed by atoms with Crippen molar-refractivity contribution < 1.29 is 14.3 Å². The molecule has 0 fully saturated rings. The molecule has 8 heteroatoms. The van der Waals surface area contributed by atoms with Crippen LogP contribution in [0.5, 0.6) is 11.5 Å². The van der Waals surface area contributed by atoms with Crippen LogP contribution in [0.2, 0.25) is 0 Å². The molecule has 28 heavy (non-hydrogen) atoms. The molecule has 0 aliphatic rings. The topological polar surface area (TPSA) is 93.3 Å². The molecule has 7 nitrogen and oxygen atoms in total. The first kappa shape index (κ1) is 21.8. The van der Waals surface area contributed by atoms with Gasteiger partial charge in [0.25, 0.3) is 5.56 Å². The lowest BCUT2D eigenvalue weighted by Gasteiger charge is -2.15. The zero-order valence-corrected chi connectivity index (χ0v) is 17.5. The number of aromatic amines is 1. The van der Waals surface area contributed by atoms with Crippen molar-refractivity contribution in [3.8, 4) is 11.5 Å². The molecular weight excluding hydrogens is 378 g/mol. The molecule has 0 radical (unpaired) electrons. The number of ether oxygens (including phenoxy) is 2. The van der Waals surface area contributed by atoms with Crippen molar-refractivity contribution in [1.82, 2.24) is 9.97 Å². The maximum Gasteiger partial charge on any atom is 0.251 e. The Kier molecular flexibility index (Phi) is 8.38. The number of aromatic nitrogens is 2. The normalized spacial score (nSPS) is 11.7. The van der Waals surface area contributed by atoms with E-state index in [0.29, 0.717) is 28.8 Å². The van der Waals surface area contributed by atoms with Crippen molar-refractivity contribution >= 4 is 23.4 Å². The van der Waals surface area contributed by atoms with Crippen molar-refractivity contribution in [2.24, 2.45) is 0 Å². The Morgan fingerprint density at radius 3 is 2.61 bits per heavy atom. The number of benzene rings is 1. The van der Waals surface area contributed by atoms with Crippen molar-refractivity contribution in [2.45, 2.75) is 49.9 Å². The van der Waals surface area contributed by atoms with Gasteiger partial charge < -0.3 is 19.8 Å². The van der Waals surface area contributed by atoms with E-state index in [1.807, 2.05) is 6.92 Å². The molecule has 0 aliphatic carbocycles. The van der Waals surface area contributed by atoms with Crippen LogP contribution in [0.4, 0.5) is 5.69 Å². The Balaban J connectivity index is 2.11. The number of rotatable bonds is 10. The van der Waals surface area contributed by atoms with Gasteiger partial charge in [0.15, 0.2) is 16.7 Å². The predicted octanol–water partition coefficient (Wildman–Crippen LogP) is 3.64. The average molecular weight is 406 g/mol. The smallest absolute Gasteiger partial charge is 0.251 e. The largest absolute Gasteiger partial charge is 0.493 e. The minimum Gasteiger partial charge on any atom is -0.493 e. The standard InChI is InChI=1S/C20H27N3O4S/c1-5-7-8-13-12-18(24)23-20(22-13)28-17(6-2)19(25)21-14-9-10-15(26-3)16(11-14)27-4/h9-12,17H,5-8H2,1-4H3,(H,21,25)(H,22,23,24). The SMILES string of the molecule is CCCCc1cc(=O)[nH]c(SC(CC)C(=O)Nc2ccc(OC)c(OC)c2)n1. The number of thioether (sulfide) groups is 1. The molecule has 0 aliphatic heterocycles. The van der Waals surface area contributed by atoms with Crippen LogP contribution in [0.3, 0.4) is 0 Å². The lowest BCUT2D eigenvalue weighted by Crippen LogP contribution is -2.25. The Morgan fingerprint density at radius 2 is 1.96 bits per heavy atom. The van der Waals surface area contributed by atoms with Crippen LogP contribution < -0.4 is 20.3 Å². The number of hydrogen-bond donors (Lipinski definition) is 2. The van der Waals surface area contributed by atoms with Crippen LogP contribution in [0.25, 0.3) is 0 Å². The number of unbranched alkanes of at least 4 members (excludes halogenated alkanes) is 1. The van der Waals surface area contributed by atoms with E-state index in [2.05, 4.69) is 22.2 Å². The van der Waals surface area contributed by atoms with Crippen molar-refractivity contribution in [3.05, 3.63) is 40.3 Å².